The molecule has 1 aromatic heterocycles. The zero-order chi connectivity index (χ0) is 23.4. The van der Waals surface area contributed by atoms with E-state index in [0.29, 0.717) is 35.0 Å². The predicted octanol–water partition coefficient (Wildman–Crippen LogP) is 1.47. The van der Waals surface area contributed by atoms with Gasteiger partial charge in [0.2, 0.25) is 11.7 Å². The van der Waals surface area contributed by atoms with E-state index in [0.717, 1.165) is 10.1 Å². The molecule has 0 aliphatic carbocycles. The van der Waals surface area contributed by atoms with Gasteiger partial charge in [-0.3, -0.25) is 4.79 Å². The maximum absolute atomic E-state index is 12.4. The van der Waals surface area contributed by atoms with E-state index in [2.05, 4.69) is 5.32 Å². The second-order valence-corrected chi connectivity index (χ2v) is 7.08. The van der Waals surface area contributed by atoms with E-state index in [4.69, 9.17) is 14.2 Å². The molecule has 10 heteroatoms. The standard InChI is InChI=1S/C22H26N4O6/c1-24-21(28)26(22(29)25(24)2)16-9-7-15(8-10-16)23-19(27)11-6-14-12-17(30-3)20(32-5)18(13-14)31-4/h7-10,12-13H,6,11H2,1-5H3,(H,23,27). The first-order valence-corrected chi connectivity index (χ1v) is 9.85. The molecule has 0 saturated heterocycles. The number of hydrogen-bond acceptors (Lipinski definition) is 6. The Hall–Kier alpha value is -3.95. The number of carbonyl (C=O) groups is 1. The summed E-state index contributed by atoms with van der Waals surface area (Å²) < 4.78 is 19.5. The van der Waals surface area contributed by atoms with E-state index in [9.17, 15) is 14.4 Å². The van der Waals surface area contributed by atoms with Crippen LogP contribution in [0.5, 0.6) is 17.2 Å². The molecule has 32 heavy (non-hydrogen) atoms. The molecule has 0 fully saturated rings. The Morgan fingerprint density at radius 2 is 1.41 bits per heavy atom. The normalized spacial score (nSPS) is 10.7. The highest BCUT2D eigenvalue weighted by molar-refractivity contribution is 5.90. The first-order chi connectivity index (χ1) is 15.3. The fourth-order valence-corrected chi connectivity index (χ4v) is 3.30. The summed E-state index contributed by atoms with van der Waals surface area (Å²) >= 11 is 0. The Labute approximate surface area is 184 Å². The summed E-state index contributed by atoms with van der Waals surface area (Å²) in [4.78, 5) is 36.9. The van der Waals surface area contributed by atoms with Gasteiger partial charge in [0.25, 0.3) is 0 Å². The summed E-state index contributed by atoms with van der Waals surface area (Å²) in [6.45, 7) is 0. The van der Waals surface area contributed by atoms with Crippen molar-refractivity contribution in [2.24, 2.45) is 14.1 Å². The maximum Gasteiger partial charge on any atom is 0.351 e. The molecule has 0 aliphatic rings. The first-order valence-electron chi connectivity index (χ1n) is 9.85. The number of aromatic nitrogens is 3. The topological polar surface area (TPSA) is 106 Å². The van der Waals surface area contributed by atoms with Crippen molar-refractivity contribution in [1.82, 2.24) is 13.9 Å². The zero-order valence-corrected chi connectivity index (χ0v) is 18.7. The van der Waals surface area contributed by atoms with E-state index in [1.165, 1.54) is 44.8 Å². The average molecular weight is 442 g/mol. The van der Waals surface area contributed by atoms with Crippen LogP contribution in [0, 0.1) is 0 Å². The smallest absolute Gasteiger partial charge is 0.351 e. The minimum atomic E-state index is -0.445. The molecule has 0 spiro atoms. The Bertz CT molecular complexity index is 1180. The first kappa shape index (κ1) is 22.7. The molecule has 0 saturated carbocycles. The van der Waals surface area contributed by atoms with Gasteiger partial charge in [-0.2, -0.15) is 0 Å². The molecule has 170 valence electrons. The second kappa shape index (κ2) is 9.46. The van der Waals surface area contributed by atoms with Gasteiger partial charge < -0.3 is 19.5 Å². The van der Waals surface area contributed by atoms with Gasteiger partial charge in [-0.05, 0) is 48.4 Å². The van der Waals surface area contributed by atoms with Crippen molar-refractivity contribution in [3.8, 4) is 22.9 Å². The number of amides is 1. The molecule has 0 bridgehead atoms. The van der Waals surface area contributed by atoms with Gasteiger partial charge in [-0.15, -0.1) is 0 Å². The summed E-state index contributed by atoms with van der Waals surface area (Å²) in [6, 6.07) is 10.1. The summed E-state index contributed by atoms with van der Waals surface area (Å²) in [5, 5.41) is 2.81. The van der Waals surface area contributed by atoms with Crippen molar-refractivity contribution in [3.05, 3.63) is 62.9 Å². The number of nitrogens with zero attached hydrogens (tertiary/aromatic N) is 3. The summed E-state index contributed by atoms with van der Waals surface area (Å²) in [7, 11) is 7.64. The van der Waals surface area contributed by atoms with Crippen LogP contribution in [0.15, 0.2) is 46.0 Å². The Morgan fingerprint density at radius 1 is 0.875 bits per heavy atom. The van der Waals surface area contributed by atoms with Gasteiger partial charge in [0.15, 0.2) is 11.5 Å². The molecule has 0 aliphatic heterocycles. The van der Waals surface area contributed by atoms with Gasteiger partial charge >= 0.3 is 11.4 Å². The van der Waals surface area contributed by atoms with E-state index >= 15 is 0 Å². The van der Waals surface area contributed by atoms with Crippen molar-refractivity contribution in [3.63, 3.8) is 0 Å². The molecule has 1 N–H and O–H groups in total. The van der Waals surface area contributed by atoms with Gasteiger partial charge in [0.05, 0.1) is 27.0 Å². The fraction of sp³-hybridized carbons (Fsp3) is 0.318. The predicted molar refractivity (Wildman–Crippen MR) is 119 cm³/mol. The van der Waals surface area contributed by atoms with Gasteiger partial charge in [-0.1, -0.05) is 0 Å². The number of rotatable bonds is 8. The van der Waals surface area contributed by atoms with Crippen LogP contribution < -0.4 is 30.9 Å². The monoisotopic (exact) mass is 442 g/mol. The molecule has 1 amide bonds. The molecule has 2 aromatic carbocycles. The molecule has 3 rings (SSSR count). The van der Waals surface area contributed by atoms with Crippen LogP contribution in [-0.2, 0) is 25.3 Å². The number of nitrogens with one attached hydrogen (secondary N) is 1. The number of aryl methyl sites for hydroxylation is 1. The Morgan fingerprint density at radius 3 is 1.88 bits per heavy atom. The van der Waals surface area contributed by atoms with E-state index < -0.39 is 11.4 Å². The molecular weight excluding hydrogens is 416 g/mol. The third-order valence-corrected chi connectivity index (χ3v) is 5.16. The molecule has 0 unspecified atom stereocenters. The average Bonchev–Trinajstić information content (AvgIpc) is 3.00. The van der Waals surface area contributed by atoms with Crippen LogP contribution in [0.1, 0.15) is 12.0 Å². The number of ether oxygens (including phenoxy) is 3. The quantitative estimate of drug-likeness (QED) is 0.566. The van der Waals surface area contributed by atoms with Gasteiger partial charge in [0.1, 0.15) is 0 Å². The van der Waals surface area contributed by atoms with Crippen LogP contribution in [-0.4, -0.2) is 41.2 Å². The van der Waals surface area contributed by atoms with E-state index in [1.807, 2.05) is 12.1 Å². The van der Waals surface area contributed by atoms with Crippen LogP contribution in [0.2, 0.25) is 0 Å². The summed E-state index contributed by atoms with van der Waals surface area (Å²) in [5.74, 6) is 1.37. The van der Waals surface area contributed by atoms with Gasteiger partial charge in [-0.25, -0.2) is 23.5 Å². The largest absolute Gasteiger partial charge is 0.493 e. The minimum absolute atomic E-state index is 0.181. The van der Waals surface area contributed by atoms with Crippen LogP contribution in [0.3, 0.4) is 0 Å². The fourth-order valence-electron chi connectivity index (χ4n) is 3.30. The number of hydrogen-bond donors (Lipinski definition) is 1. The van der Waals surface area contributed by atoms with Crippen molar-refractivity contribution in [2.75, 3.05) is 26.6 Å². The lowest BCUT2D eigenvalue weighted by Crippen LogP contribution is -2.26. The lowest BCUT2D eigenvalue weighted by Gasteiger charge is -2.14. The summed E-state index contributed by atoms with van der Waals surface area (Å²) in [6.07, 6.45) is 0.704. The van der Waals surface area contributed by atoms with Crippen molar-refractivity contribution in [1.29, 1.82) is 0 Å². The minimum Gasteiger partial charge on any atom is -0.493 e. The molecule has 0 radical (unpaired) electrons. The third kappa shape index (κ3) is 4.39. The van der Waals surface area contributed by atoms with E-state index in [-0.39, 0.29) is 12.3 Å². The third-order valence-electron chi connectivity index (χ3n) is 5.16. The molecule has 0 atom stereocenters. The Kier molecular flexibility index (Phi) is 6.72. The number of anilines is 1. The molecule has 3 aromatic rings. The number of carbonyl (C=O) groups excluding carboxylic acids is 1. The number of methoxy groups -OCH3 is 3. The SMILES string of the molecule is COc1cc(CCC(=O)Nc2ccc(-n3c(=O)n(C)n(C)c3=O)cc2)cc(OC)c1OC. The maximum atomic E-state index is 12.4. The lowest BCUT2D eigenvalue weighted by molar-refractivity contribution is -0.116. The van der Waals surface area contributed by atoms with E-state index in [1.54, 1.807) is 24.3 Å². The summed E-state index contributed by atoms with van der Waals surface area (Å²) in [5.41, 5.74) is 0.958. The highest BCUT2D eigenvalue weighted by Gasteiger charge is 2.15. The van der Waals surface area contributed by atoms with Crippen LogP contribution in [0.25, 0.3) is 5.69 Å². The molecule has 10 nitrogen and oxygen atoms in total. The highest BCUT2D eigenvalue weighted by atomic mass is 16.5. The molecular formula is C22H26N4O6. The number of benzene rings is 2. The van der Waals surface area contributed by atoms with Crippen LogP contribution >= 0.6 is 0 Å². The Balaban J connectivity index is 1.68. The van der Waals surface area contributed by atoms with Crippen molar-refractivity contribution in [2.45, 2.75) is 12.8 Å². The van der Waals surface area contributed by atoms with Crippen LogP contribution in [0.4, 0.5) is 5.69 Å². The molecule has 1 heterocycles. The van der Waals surface area contributed by atoms with Gasteiger partial charge in [0, 0.05) is 26.2 Å². The second-order valence-electron chi connectivity index (χ2n) is 7.08. The lowest BCUT2D eigenvalue weighted by atomic mass is 10.1. The highest BCUT2D eigenvalue weighted by Crippen LogP contribution is 2.38. The van der Waals surface area contributed by atoms with Crippen molar-refractivity contribution >= 4 is 11.6 Å². The van der Waals surface area contributed by atoms with Crippen molar-refractivity contribution < 1.29 is 19.0 Å². The zero-order valence-electron chi connectivity index (χ0n) is 18.7.